The lowest BCUT2D eigenvalue weighted by Crippen LogP contribution is -2.25. The molecule has 0 aliphatic heterocycles. The maximum atomic E-state index is 3.66. The second-order valence-electron chi connectivity index (χ2n) is 4.99. The summed E-state index contributed by atoms with van der Waals surface area (Å²) in [5.41, 5.74) is 2.77. The third-order valence-corrected chi connectivity index (χ3v) is 3.37. The quantitative estimate of drug-likeness (QED) is 0.795. The predicted octanol–water partition coefficient (Wildman–Crippen LogP) is 3.27. The van der Waals surface area contributed by atoms with Crippen molar-refractivity contribution < 1.29 is 0 Å². The van der Waals surface area contributed by atoms with Gasteiger partial charge in [0.25, 0.3) is 0 Å². The Balaban J connectivity index is 1.83. The average Bonchev–Trinajstić information content (AvgIpc) is 2.62. The minimum absolute atomic E-state index is 0.750. The molecule has 1 nitrogen and oxygen atoms in total. The summed E-state index contributed by atoms with van der Waals surface area (Å²) >= 11 is 0. The van der Waals surface area contributed by atoms with Gasteiger partial charge in [-0.2, -0.15) is 0 Å². The summed E-state index contributed by atoms with van der Waals surface area (Å²) in [4.78, 5) is 0. The van der Waals surface area contributed by atoms with E-state index in [1.165, 1.54) is 30.4 Å². The smallest absolute Gasteiger partial charge is 0.0208 e. The molecule has 1 N–H and O–H groups in total. The Morgan fingerprint density at radius 1 is 1.33 bits per heavy atom. The fourth-order valence-electron chi connectivity index (χ4n) is 2.48. The van der Waals surface area contributed by atoms with E-state index in [1.807, 2.05) is 0 Å². The molecule has 2 atom stereocenters. The van der Waals surface area contributed by atoms with Crippen LogP contribution in [0.5, 0.6) is 0 Å². The highest BCUT2D eigenvalue weighted by atomic mass is 14.9. The minimum atomic E-state index is 0.750. The first-order valence-corrected chi connectivity index (χ1v) is 6.03. The first-order valence-electron chi connectivity index (χ1n) is 6.03. The minimum Gasteiger partial charge on any atom is -0.310 e. The van der Waals surface area contributed by atoms with Crippen molar-refractivity contribution in [2.24, 2.45) is 5.92 Å². The average molecular weight is 203 g/mol. The fraction of sp³-hybridized carbons (Fsp3) is 0.571. The van der Waals surface area contributed by atoms with Crippen molar-refractivity contribution in [1.82, 2.24) is 5.32 Å². The second-order valence-corrected chi connectivity index (χ2v) is 4.99. The van der Waals surface area contributed by atoms with Crippen LogP contribution in [0.4, 0.5) is 0 Å². The molecule has 0 heterocycles. The Hall–Kier alpha value is -0.820. The predicted molar refractivity (Wildman–Crippen MR) is 64.8 cm³/mol. The molecule has 1 aromatic carbocycles. The molecular weight excluding hydrogens is 182 g/mol. The van der Waals surface area contributed by atoms with E-state index in [9.17, 15) is 0 Å². The van der Waals surface area contributed by atoms with Gasteiger partial charge in [-0.05, 0) is 37.7 Å². The van der Waals surface area contributed by atoms with Gasteiger partial charge in [0.05, 0.1) is 0 Å². The largest absolute Gasteiger partial charge is 0.310 e. The van der Waals surface area contributed by atoms with Crippen LogP contribution in [0.25, 0.3) is 0 Å². The maximum Gasteiger partial charge on any atom is 0.0208 e. The molecule has 1 aliphatic rings. The highest BCUT2D eigenvalue weighted by Crippen LogP contribution is 2.24. The van der Waals surface area contributed by atoms with Crippen LogP contribution in [0.2, 0.25) is 0 Å². The Morgan fingerprint density at radius 3 is 2.87 bits per heavy atom. The molecule has 0 amide bonds. The number of nitrogens with one attached hydrogen (secondary N) is 1. The molecular formula is C14H21N. The van der Waals surface area contributed by atoms with Crippen molar-refractivity contribution in [2.45, 2.75) is 45.7 Å². The second kappa shape index (κ2) is 4.80. The van der Waals surface area contributed by atoms with E-state index in [4.69, 9.17) is 0 Å². The van der Waals surface area contributed by atoms with E-state index >= 15 is 0 Å². The Kier molecular flexibility index (Phi) is 3.42. The third kappa shape index (κ3) is 3.07. The van der Waals surface area contributed by atoms with Gasteiger partial charge in [0.1, 0.15) is 0 Å². The SMILES string of the molecule is Cc1cccc(CN[C@@H]2CC[C@H](C)C2)c1. The molecule has 1 fully saturated rings. The summed E-state index contributed by atoms with van der Waals surface area (Å²) in [6, 6.07) is 9.52. The monoisotopic (exact) mass is 203 g/mol. The molecule has 1 heteroatoms. The van der Waals surface area contributed by atoms with Crippen molar-refractivity contribution >= 4 is 0 Å². The van der Waals surface area contributed by atoms with Crippen LogP contribution in [0.15, 0.2) is 24.3 Å². The molecule has 0 bridgehead atoms. The van der Waals surface area contributed by atoms with Gasteiger partial charge in [0.2, 0.25) is 0 Å². The van der Waals surface area contributed by atoms with E-state index in [0.717, 1.165) is 18.5 Å². The summed E-state index contributed by atoms with van der Waals surface area (Å²) in [7, 11) is 0. The van der Waals surface area contributed by atoms with Crippen LogP contribution < -0.4 is 5.32 Å². The van der Waals surface area contributed by atoms with Gasteiger partial charge in [-0.3, -0.25) is 0 Å². The van der Waals surface area contributed by atoms with E-state index < -0.39 is 0 Å². The Morgan fingerprint density at radius 2 is 2.20 bits per heavy atom. The molecule has 0 radical (unpaired) electrons. The topological polar surface area (TPSA) is 12.0 Å². The fourth-order valence-corrected chi connectivity index (χ4v) is 2.48. The zero-order valence-electron chi connectivity index (χ0n) is 9.79. The van der Waals surface area contributed by atoms with Crippen LogP contribution in [0, 0.1) is 12.8 Å². The Labute approximate surface area is 92.9 Å². The Bertz CT molecular complexity index is 319. The number of hydrogen-bond acceptors (Lipinski definition) is 1. The number of rotatable bonds is 3. The molecule has 0 spiro atoms. The highest BCUT2D eigenvalue weighted by Gasteiger charge is 2.20. The first kappa shape index (κ1) is 10.7. The number of hydrogen-bond donors (Lipinski definition) is 1. The van der Waals surface area contributed by atoms with Crippen LogP contribution in [-0.2, 0) is 6.54 Å². The van der Waals surface area contributed by atoms with Crippen LogP contribution in [0.1, 0.15) is 37.3 Å². The van der Waals surface area contributed by atoms with Gasteiger partial charge in [-0.25, -0.2) is 0 Å². The van der Waals surface area contributed by atoms with Gasteiger partial charge < -0.3 is 5.32 Å². The van der Waals surface area contributed by atoms with Crippen LogP contribution >= 0.6 is 0 Å². The first-order chi connectivity index (χ1) is 7.24. The lowest BCUT2D eigenvalue weighted by atomic mass is 10.1. The van der Waals surface area contributed by atoms with Gasteiger partial charge in [-0.15, -0.1) is 0 Å². The normalized spacial score (nSPS) is 25.7. The highest BCUT2D eigenvalue weighted by molar-refractivity contribution is 5.22. The number of aryl methyl sites for hydroxylation is 1. The van der Waals surface area contributed by atoms with Gasteiger partial charge in [0.15, 0.2) is 0 Å². The summed E-state index contributed by atoms with van der Waals surface area (Å²) in [5, 5.41) is 3.66. The molecule has 82 valence electrons. The van der Waals surface area contributed by atoms with Crippen molar-refractivity contribution in [3.63, 3.8) is 0 Å². The summed E-state index contributed by atoms with van der Waals surface area (Å²) in [6.07, 6.45) is 4.10. The molecule has 0 saturated heterocycles. The number of benzene rings is 1. The van der Waals surface area contributed by atoms with Gasteiger partial charge in [-0.1, -0.05) is 36.8 Å². The summed E-state index contributed by atoms with van der Waals surface area (Å²) in [5.74, 6) is 0.917. The lowest BCUT2D eigenvalue weighted by Gasteiger charge is -2.12. The van der Waals surface area contributed by atoms with Crippen LogP contribution in [-0.4, -0.2) is 6.04 Å². The van der Waals surface area contributed by atoms with Crippen molar-refractivity contribution in [3.8, 4) is 0 Å². The van der Waals surface area contributed by atoms with Crippen molar-refractivity contribution in [3.05, 3.63) is 35.4 Å². The molecule has 1 aromatic rings. The van der Waals surface area contributed by atoms with E-state index in [0.29, 0.717) is 0 Å². The van der Waals surface area contributed by atoms with E-state index in [-0.39, 0.29) is 0 Å². The van der Waals surface area contributed by atoms with E-state index in [1.54, 1.807) is 0 Å². The maximum absolute atomic E-state index is 3.66. The molecule has 1 aliphatic carbocycles. The summed E-state index contributed by atoms with van der Waals surface area (Å²) < 4.78 is 0. The molecule has 2 rings (SSSR count). The molecule has 0 unspecified atom stereocenters. The van der Waals surface area contributed by atoms with Crippen molar-refractivity contribution in [1.29, 1.82) is 0 Å². The lowest BCUT2D eigenvalue weighted by molar-refractivity contribution is 0.502. The van der Waals surface area contributed by atoms with Crippen molar-refractivity contribution in [2.75, 3.05) is 0 Å². The van der Waals surface area contributed by atoms with Crippen LogP contribution in [0.3, 0.4) is 0 Å². The molecule has 0 aromatic heterocycles. The van der Waals surface area contributed by atoms with E-state index in [2.05, 4.69) is 43.4 Å². The standard InChI is InChI=1S/C14H21N/c1-11-4-3-5-13(8-11)10-15-14-7-6-12(2)9-14/h3-5,8,12,14-15H,6-7,9-10H2,1-2H3/t12-,14+/m0/s1. The third-order valence-electron chi connectivity index (χ3n) is 3.37. The molecule has 15 heavy (non-hydrogen) atoms. The van der Waals surface area contributed by atoms with Gasteiger partial charge in [0, 0.05) is 12.6 Å². The zero-order valence-corrected chi connectivity index (χ0v) is 9.79. The molecule has 1 saturated carbocycles. The summed E-state index contributed by atoms with van der Waals surface area (Å²) in [6.45, 7) is 5.54. The van der Waals surface area contributed by atoms with Gasteiger partial charge >= 0.3 is 0 Å². The zero-order chi connectivity index (χ0) is 10.7.